The third kappa shape index (κ3) is 2.64. The Morgan fingerprint density at radius 1 is 1.60 bits per heavy atom. The average Bonchev–Trinajstić information content (AvgIpc) is 3.07. The monoisotopic (exact) mass is 307 g/mol. The lowest BCUT2D eigenvalue weighted by Gasteiger charge is -2.12. The number of thiophene rings is 1. The quantitative estimate of drug-likeness (QED) is 0.946. The van der Waals surface area contributed by atoms with Crippen molar-refractivity contribution < 1.29 is 9.59 Å². The molecule has 0 radical (unpaired) electrons. The number of aromatic amines is 1. The number of hydrogen-bond donors (Lipinski definition) is 1. The minimum atomic E-state index is 0.0213. The summed E-state index contributed by atoms with van der Waals surface area (Å²) in [5.74, 6) is 0.651. The second kappa shape index (κ2) is 5.41. The van der Waals surface area contributed by atoms with Gasteiger partial charge in [0.25, 0.3) is 0 Å². The Balaban J connectivity index is 1.77. The number of H-pyrrole nitrogens is 1. The van der Waals surface area contributed by atoms with Crippen LogP contribution >= 0.6 is 23.1 Å². The Labute approximate surface area is 124 Å². The summed E-state index contributed by atoms with van der Waals surface area (Å²) in [4.78, 5) is 25.9. The summed E-state index contributed by atoms with van der Waals surface area (Å²) in [7, 11) is 0. The van der Waals surface area contributed by atoms with Crippen molar-refractivity contribution in [3.8, 4) is 10.6 Å². The van der Waals surface area contributed by atoms with E-state index in [1.165, 1.54) is 18.7 Å². The number of amides is 1. The van der Waals surface area contributed by atoms with Crippen molar-refractivity contribution in [1.29, 1.82) is 0 Å². The number of nitrogens with one attached hydrogen (secondary N) is 1. The number of aromatic nitrogens is 2. The molecule has 5 nitrogen and oxygen atoms in total. The van der Waals surface area contributed by atoms with Gasteiger partial charge in [0.1, 0.15) is 0 Å². The number of nitrogens with zero attached hydrogens (tertiary/aromatic N) is 2. The highest BCUT2D eigenvalue weighted by molar-refractivity contribution is 8.14. The molecule has 2 aromatic heterocycles. The van der Waals surface area contributed by atoms with Crippen LogP contribution in [0.4, 0.5) is 5.82 Å². The van der Waals surface area contributed by atoms with Crippen molar-refractivity contribution in [2.24, 2.45) is 0 Å². The maximum atomic E-state index is 12.0. The number of anilines is 1. The molecule has 1 fully saturated rings. The summed E-state index contributed by atoms with van der Waals surface area (Å²) < 4.78 is 0. The molecule has 7 heteroatoms. The second-order valence-electron chi connectivity index (χ2n) is 4.56. The summed E-state index contributed by atoms with van der Waals surface area (Å²) >= 11 is 2.85. The Morgan fingerprint density at radius 2 is 2.45 bits per heavy atom. The van der Waals surface area contributed by atoms with Gasteiger partial charge in [-0.25, -0.2) is 0 Å². The first-order chi connectivity index (χ1) is 9.63. The molecule has 0 saturated carbocycles. The van der Waals surface area contributed by atoms with Crippen molar-refractivity contribution in [3.63, 3.8) is 0 Å². The molecular weight excluding hydrogens is 294 g/mol. The van der Waals surface area contributed by atoms with E-state index < -0.39 is 0 Å². The van der Waals surface area contributed by atoms with Gasteiger partial charge in [0.2, 0.25) is 5.91 Å². The van der Waals surface area contributed by atoms with Gasteiger partial charge in [-0.05, 0) is 11.4 Å². The van der Waals surface area contributed by atoms with Crippen LogP contribution in [0.5, 0.6) is 0 Å². The van der Waals surface area contributed by atoms with E-state index in [2.05, 4.69) is 10.2 Å². The minimum Gasteiger partial charge on any atom is -0.294 e. The van der Waals surface area contributed by atoms with Gasteiger partial charge in [0.15, 0.2) is 10.9 Å². The van der Waals surface area contributed by atoms with Crippen LogP contribution in [0.3, 0.4) is 0 Å². The molecule has 3 rings (SSSR count). The van der Waals surface area contributed by atoms with Crippen molar-refractivity contribution in [2.75, 3.05) is 11.4 Å². The Hall–Kier alpha value is -1.60. The lowest BCUT2D eigenvalue weighted by molar-refractivity contribution is -0.117. The van der Waals surface area contributed by atoms with E-state index in [1.807, 2.05) is 23.6 Å². The van der Waals surface area contributed by atoms with Gasteiger partial charge < -0.3 is 0 Å². The maximum absolute atomic E-state index is 12.0. The first kappa shape index (κ1) is 13.4. The van der Waals surface area contributed by atoms with Crippen LogP contribution in [0.1, 0.15) is 13.3 Å². The highest BCUT2D eigenvalue weighted by Crippen LogP contribution is 2.30. The summed E-state index contributed by atoms with van der Waals surface area (Å²) in [6, 6.07) is 5.85. The zero-order chi connectivity index (χ0) is 14.1. The predicted molar refractivity (Wildman–Crippen MR) is 80.9 cm³/mol. The maximum Gasteiger partial charge on any atom is 0.229 e. The van der Waals surface area contributed by atoms with Crippen LogP contribution < -0.4 is 4.90 Å². The van der Waals surface area contributed by atoms with Gasteiger partial charge in [-0.15, -0.1) is 11.3 Å². The highest BCUT2D eigenvalue weighted by atomic mass is 32.2. The van der Waals surface area contributed by atoms with Crippen LogP contribution in [0.15, 0.2) is 23.6 Å². The summed E-state index contributed by atoms with van der Waals surface area (Å²) in [5, 5.41) is 9.24. The number of rotatable bonds is 3. The third-order valence-electron chi connectivity index (χ3n) is 3.05. The van der Waals surface area contributed by atoms with Gasteiger partial charge in [-0.2, -0.15) is 5.10 Å². The molecule has 1 N–H and O–H groups in total. The minimum absolute atomic E-state index is 0.0213. The van der Waals surface area contributed by atoms with E-state index >= 15 is 0 Å². The molecule has 20 heavy (non-hydrogen) atoms. The van der Waals surface area contributed by atoms with E-state index in [0.29, 0.717) is 18.8 Å². The molecule has 1 amide bonds. The lowest BCUT2D eigenvalue weighted by Crippen LogP contribution is -2.25. The Morgan fingerprint density at radius 3 is 3.15 bits per heavy atom. The molecule has 0 aromatic carbocycles. The zero-order valence-electron chi connectivity index (χ0n) is 10.8. The van der Waals surface area contributed by atoms with Crippen LogP contribution in [0.2, 0.25) is 0 Å². The molecule has 1 saturated heterocycles. The van der Waals surface area contributed by atoms with Gasteiger partial charge in [0.05, 0.1) is 10.6 Å². The van der Waals surface area contributed by atoms with Gasteiger partial charge >= 0.3 is 0 Å². The van der Waals surface area contributed by atoms with Gasteiger partial charge in [-0.3, -0.25) is 19.6 Å². The normalized spacial score (nSPS) is 18.8. The Bertz CT molecular complexity index is 636. The van der Waals surface area contributed by atoms with E-state index in [0.717, 1.165) is 10.6 Å². The van der Waals surface area contributed by atoms with Gasteiger partial charge in [0, 0.05) is 31.2 Å². The molecular formula is C13H13N3O2S2. The second-order valence-corrected chi connectivity index (χ2v) is 6.98. The molecule has 2 aromatic rings. The molecule has 1 aliphatic rings. The first-order valence-electron chi connectivity index (χ1n) is 6.20. The first-order valence-corrected chi connectivity index (χ1v) is 7.96. The SMILES string of the molecule is CC(=O)SC1CC(=O)N(c2cc(-c3cccs3)[nH]n2)C1. The van der Waals surface area contributed by atoms with Crippen molar-refractivity contribution in [3.05, 3.63) is 23.6 Å². The van der Waals surface area contributed by atoms with Gasteiger partial charge in [-0.1, -0.05) is 17.8 Å². The molecule has 1 unspecified atom stereocenters. The molecule has 0 aliphatic carbocycles. The molecule has 0 bridgehead atoms. The fourth-order valence-electron chi connectivity index (χ4n) is 2.22. The third-order valence-corrected chi connectivity index (χ3v) is 4.93. The molecule has 1 aliphatic heterocycles. The van der Waals surface area contributed by atoms with Crippen LogP contribution in [-0.4, -0.2) is 33.0 Å². The van der Waals surface area contributed by atoms with Crippen LogP contribution in [0, 0.1) is 0 Å². The summed E-state index contributed by atoms with van der Waals surface area (Å²) in [6.07, 6.45) is 0.394. The zero-order valence-corrected chi connectivity index (χ0v) is 12.5. The van der Waals surface area contributed by atoms with Crippen molar-refractivity contribution in [1.82, 2.24) is 10.2 Å². The lowest BCUT2D eigenvalue weighted by atomic mass is 10.3. The number of thioether (sulfide) groups is 1. The van der Waals surface area contributed by atoms with Crippen molar-refractivity contribution in [2.45, 2.75) is 18.6 Å². The number of carbonyl (C=O) groups excluding carboxylic acids is 2. The summed E-state index contributed by atoms with van der Waals surface area (Å²) in [6.45, 7) is 2.07. The smallest absolute Gasteiger partial charge is 0.229 e. The van der Waals surface area contributed by atoms with E-state index in [-0.39, 0.29) is 16.3 Å². The highest BCUT2D eigenvalue weighted by Gasteiger charge is 2.33. The molecule has 3 heterocycles. The topological polar surface area (TPSA) is 66.1 Å². The standard InChI is InChI=1S/C13H13N3O2S2/c1-8(17)20-9-5-13(18)16(7-9)12-6-10(14-15-12)11-3-2-4-19-11/h2-4,6,9H,5,7H2,1H3,(H,14,15). The number of hydrogen-bond acceptors (Lipinski definition) is 5. The van der Waals surface area contributed by atoms with Crippen LogP contribution in [-0.2, 0) is 9.59 Å². The molecule has 1 atom stereocenters. The van der Waals surface area contributed by atoms with Crippen molar-refractivity contribution >= 4 is 39.9 Å². The van der Waals surface area contributed by atoms with Crippen LogP contribution in [0.25, 0.3) is 10.6 Å². The molecule has 0 spiro atoms. The average molecular weight is 307 g/mol. The summed E-state index contributed by atoms with van der Waals surface area (Å²) in [5.41, 5.74) is 0.908. The number of carbonyl (C=O) groups is 2. The van der Waals surface area contributed by atoms with E-state index in [4.69, 9.17) is 0 Å². The fourth-order valence-corrected chi connectivity index (χ4v) is 3.83. The Kier molecular flexibility index (Phi) is 3.62. The molecule has 104 valence electrons. The fraction of sp³-hybridized carbons (Fsp3) is 0.308. The predicted octanol–water partition coefficient (Wildman–Crippen LogP) is 2.52. The largest absolute Gasteiger partial charge is 0.294 e. The van der Waals surface area contributed by atoms with E-state index in [1.54, 1.807) is 16.2 Å². The van der Waals surface area contributed by atoms with E-state index in [9.17, 15) is 9.59 Å².